The molecule has 4 rings (SSSR count). The highest BCUT2D eigenvalue weighted by Crippen LogP contribution is 2.35. The number of amides is 1. The Labute approximate surface area is 173 Å². The zero-order chi connectivity index (χ0) is 19.7. The van der Waals surface area contributed by atoms with Gasteiger partial charge in [-0.15, -0.1) is 0 Å². The van der Waals surface area contributed by atoms with Crippen LogP contribution in [-0.2, 0) is 11.2 Å². The maximum Gasteiger partial charge on any atom is 0.231 e. The highest BCUT2D eigenvalue weighted by Gasteiger charge is 2.30. The number of aromatic nitrogens is 2. The lowest BCUT2D eigenvalue weighted by Gasteiger charge is -2.37. The second kappa shape index (κ2) is 8.01. The fraction of sp³-hybridized carbons (Fsp3) is 0.381. The number of fused-ring (bicyclic) bond motifs is 1. The number of halogens is 1. The van der Waals surface area contributed by atoms with Gasteiger partial charge in [-0.1, -0.05) is 34.6 Å². The SMILES string of the molecule is C=C1CCc2ncnc(N3CCN(C(=O)[C@H](CN)c4ccc(Br)cc4)CC3)c21. The van der Waals surface area contributed by atoms with E-state index in [4.69, 9.17) is 5.73 Å². The molecule has 2 N–H and O–H groups in total. The minimum Gasteiger partial charge on any atom is -0.352 e. The van der Waals surface area contributed by atoms with Crippen molar-refractivity contribution in [2.24, 2.45) is 5.73 Å². The fourth-order valence-corrected chi connectivity index (χ4v) is 4.30. The zero-order valence-electron chi connectivity index (χ0n) is 15.8. The van der Waals surface area contributed by atoms with Gasteiger partial charge in [0, 0.05) is 42.8 Å². The predicted octanol–water partition coefficient (Wildman–Crippen LogP) is 2.59. The van der Waals surface area contributed by atoms with Crippen LogP contribution in [0.1, 0.15) is 29.2 Å². The summed E-state index contributed by atoms with van der Waals surface area (Å²) in [7, 11) is 0. The Morgan fingerprint density at radius 3 is 2.54 bits per heavy atom. The maximum atomic E-state index is 13.1. The van der Waals surface area contributed by atoms with E-state index in [-0.39, 0.29) is 11.8 Å². The molecule has 2 aromatic rings. The van der Waals surface area contributed by atoms with Gasteiger partial charge < -0.3 is 15.5 Å². The number of hydrogen-bond acceptors (Lipinski definition) is 5. The Morgan fingerprint density at radius 1 is 1.14 bits per heavy atom. The fourth-order valence-electron chi connectivity index (χ4n) is 4.03. The number of carbonyl (C=O) groups is 1. The van der Waals surface area contributed by atoms with Crippen molar-refractivity contribution in [3.63, 3.8) is 0 Å². The molecule has 146 valence electrons. The molecule has 0 bridgehead atoms. The van der Waals surface area contributed by atoms with Gasteiger partial charge in [0.25, 0.3) is 0 Å². The Bertz CT molecular complexity index is 890. The van der Waals surface area contributed by atoms with Gasteiger partial charge in [0.05, 0.1) is 11.6 Å². The van der Waals surface area contributed by atoms with Crippen molar-refractivity contribution >= 4 is 33.2 Å². The van der Waals surface area contributed by atoms with Gasteiger partial charge in [0.2, 0.25) is 5.91 Å². The molecule has 1 aliphatic carbocycles. The normalized spacial score (nSPS) is 17.6. The topological polar surface area (TPSA) is 75.4 Å². The van der Waals surface area contributed by atoms with E-state index in [9.17, 15) is 4.79 Å². The van der Waals surface area contributed by atoms with Crippen molar-refractivity contribution in [2.45, 2.75) is 18.8 Å². The summed E-state index contributed by atoms with van der Waals surface area (Å²) in [6.45, 7) is 7.31. The van der Waals surface area contributed by atoms with Crippen LogP contribution >= 0.6 is 15.9 Å². The summed E-state index contributed by atoms with van der Waals surface area (Å²) >= 11 is 3.44. The zero-order valence-corrected chi connectivity index (χ0v) is 17.4. The van der Waals surface area contributed by atoms with E-state index in [2.05, 4.69) is 37.4 Å². The van der Waals surface area contributed by atoms with Crippen molar-refractivity contribution in [2.75, 3.05) is 37.6 Å². The van der Waals surface area contributed by atoms with Crippen LogP contribution in [0.15, 0.2) is 41.6 Å². The molecule has 0 unspecified atom stereocenters. The quantitative estimate of drug-likeness (QED) is 0.788. The summed E-state index contributed by atoms with van der Waals surface area (Å²) in [4.78, 5) is 26.2. The highest BCUT2D eigenvalue weighted by atomic mass is 79.9. The van der Waals surface area contributed by atoms with Crippen molar-refractivity contribution in [3.8, 4) is 0 Å². The van der Waals surface area contributed by atoms with Crippen LogP contribution in [0.4, 0.5) is 5.82 Å². The molecular formula is C21H24BrN5O. The highest BCUT2D eigenvalue weighted by molar-refractivity contribution is 9.10. The van der Waals surface area contributed by atoms with Gasteiger partial charge in [-0.25, -0.2) is 9.97 Å². The van der Waals surface area contributed by atoms with E-state index in [0.717, 1.165) is 58.6 Å². The molecule has 0 radical (unpaired) electrons. The van der Waals surface area contributed by atoms with Gasteiger partial charge in [0.15, 0.2) is 0 Å². The molecule has 28 heavy (non-hydrogen) atoms. The Hall–Kier alpha value is -2.25. The molecule has 1 fully saturated rings. The van der Waals surface area contributed by atoms with Gasteiger partial charge >= 0.3 is 0 Å². The van der Waals surface area contributed by atoms with E-state index in [1.54, 1.807) is 6.33 Å². The number of nitrogens with zero attached hydrogens (tertiary/aromatic N) is 4. The molecule has 0 spiro atoms. The van der Waals surface area contributed by atoms with Crippen molar-refractivity contribution in [1.29, 1.82) is 0 Å². The van der Waals surface area contributed by atoms with Gasteiger partial charge in [-0.2, -0.15) is 0 Å². The van der Waals surface area contributed by atoms with Crippen LogP contribution in [0.5, 0.6) is 0 Å². The molecule has 1 saturated heterocycles. The summed E-state index contributed by atoms with van der Waals surface area (Å²) in [5.41, 5.74) is 10.2. The van der Waals surface area contributed by atoms with E-state index in [1.807, 2.05) is 29.2 Å². The van der Waals surface area contributed by atoms with E-state index >= 15 is 0 Å². The predicted molar refractivity (Wildman–Crippen MR) is 114 cm³/mol. The third-order valence-electron chi connectivity index (χ3n) is 5.62. The summed E-state index contributed by atoms with van der Waals surface area (Å²) in [6.07, 6.45) is 3.53. The molecule has 2 aliphatic rings. The lowest BCUT2D eigenvalue weighted by molar-refractivity contribution is -0.132. The second-order valence-electron chi connectivity index (χ2n) is 7.27. The van der Waals surface area contributed by atoms with Crippen molar-refractivity contribution < 1.29 is 4.79 Å². The number of benzene rings is 1. The summed E-state index contributed by atoms with van der Waals surface area (Å²) < 4.78 is 0.993. The molecule has 7 heteroatoms. The number of anilines is 1. The van der Waals surface area contributed by atoms with Crippen molar-refractivity contribution in [3.05, 3.63) is 58.5 Å². The minimum absolute atomic E-state index is 0.0989. The Kier molecular flexibility index (Phi) is 5.46. The summed E-state index contributed by atoms with van der Waals surface area (Å²) in [5.74, 6) is 0.757. The average Bonchev–Trinajstić information content (AvgIpc) is 3.11. The minimum atomic E-state index is -0.303. The first-order chi connectivity index (χ1) is 13.6. The molecule has 0 saturated carbocycles. The van der Waals surface area contributed by atoms with Crippen molar-refractivity contribution in [1.82, 2.24) is 14.9 Å². The first-order valence-corrected chi connectivity index (χ1v) is 10.4. The first kappa shape index (κ1) is 19.1. The third-order valence-corrected chi connectivity index (χ3v) is 6.15. The molecule has 1 atom stereocenters. The number of rotatable bonds is 4. The summed E-state index contributed by atoms with van der Waals surface area (Å²) in [5, 5.41) is 0. The average molecular weight is 442 g/mol. The molecule has 1 aromatic heterocycles. The molecule has 6 nitrogen and oxygen atoms in total. The second-order valence-corrected chi connectivity index (χ2v) is 8.19. The van der Waals surface area contributed by atoms with E-state index < -0.39 is 0 Å². The van der Waals surface area contributed by atoms with Crippen LogP contribution in [0, 0.1) is 0 Å². The molecule has 2 heterocycles. The van der Waals surface area contributed by atoms with E-state index in [1.165, 1.54) is 0 Å². The number of piperazine rings is 1. The van der Waals surface area contributed by atoms with E-state index in [0.29, 0.717) is 19.6 Å². The lowest BCUT2D eigenvalue weighted by Crippen LogP contribution is -2.51. The molecule has 1 aromatic carbocycles. The first-order valence-electron chi connectivity index (χ1n) is 9.59. The molecule has 1 aliphatic heterocycles. The Balaban J connectivity index is 1.46. The van der Waals surface area contributed by atoms with Crippen LogP contribution < -0.4 is 10.6 Å². The number of hydrogen-bond donors (Lipinski definition) is 1. The van der Waals surface area contributed by atoms with Crippen LogP contribution in [0.25, 0.3) is 5.57 Å². The Morgan fingerprint density at radius 2 is 1.86 bits per heavy atom. The molecular weight excluding hydrogens is 418 g/mol. The lowest BCUT2D eigenvalue weighted by atomic mass is 9.97. The largest absolute Gasteiger partial charge is 0.352 e. The van der Waals surface area contributed by atoms with Crippen LogP contribution in [0.3, 0.4) is 0 Å². The number of allylic oxidation sites excluding steroid dienone is 1. The van der Waals surface area contributed by atoms with Gasteiger partial charge in [-0.05, 0) is 36.1 Å². The maximum absolute atomic E-state index is 13.1. The third kappa shape index (κ3) is 3.56. The summed E-state index contributed by atoms with van der Waals surface area (Å²) in [6, 6.07) is 7.83. The number of nitrogens with two attached hydrogens (primary N) is 1. The number of aryl methyl sites for hydroxylation is 1. The monoisotopic (exact) mass is 441 g/mol. The number of carbonyl (C=O) groups excluding carboxylic acids is 1. The van der Waals surface area contributed by atoms with Gasteiger partial charge in [-0.3, -0.25) is 4.79 Å². The van der Waals surface area contributed by atoms with Gasteiger partial charge in [0.1, 0.15) is 12.1 Å². The molecule has 1 amide bonds. The smallest absolute Gasteiger partial charge is 0.231 e. The standard InChI is InChI=1S/C21H24BrN5O/c1-14-2-7-18-19(14)20(25-13-24-18)26-8-10-27(11-9-26)21(28)17(12-23)15-3-5-16(22)6-4-15/h3-6,13,17H,1-2,7-12,23H2/t17-/m1/s1. The van der Waals surface area contributed by atoms with Crippen LogP contribution in [-0.4, -0.2) is 53.5 Å². The van der Waals surface area contributed by atoms with Crippen LogP contribution in [0.2, 0.25) is 0 Å².